The van der Waals surface area contributed by atoms with E-state index in [0.717, 1.165) is 22.3 Å². The van der Waals surface area contributed by atoms with Crippen LogP contribution in [0.2, 0.25) is 0 Å². The molecule has 8 nitrogen and oxygen atoms in total. The molecule has 186 valence electrons. The molecule has 2 aliphatic rings. The molecule has 2 amide bonds. The van der Waals surface area contributed by atoms with E-state index in [2.05, 4.69) is 17.4 Å². The van der Waals surface area contributed by atoms with Gasteiger partial charge in [0.2, 0.25) is 5.91 Å². The summed E-state index contributed by atoms with van der Waals surface area (Å²) in [5.41, 5.74) is 4.41. The second kappa shape index (κ2) is 10.7. The number of rotatable bonds is 8. The van der Waals surface area contributed by atoms with Crippen molar-refractivity contribution in [3.8, 4) is 11.1 Å². The molecule has 1 heterocycles. The summed E-state index contributed by atoms with van der Waals surface area (Å²) in [6.45, 7) is 3.67. The fourth-order valence-electron chi connectivity index (χ4n) is 4.81. The van der Waals surface area contributed by atoms with E-state index in [1.54, 1.807) is 6.92 Å². The largest absolute Gasteiger partial charge is 0.480 e. The number of amides is 2. The third-order valence-electron chi connectivity index (χ3n) is 6.71. The Bertz CT molecular complexity index is 1060. The molecule has 9 heteroatoms. The van der Waals surface area contributed by atoms with E-state index in [1.165, 1.54) is 23.8 Å². The number of nitrogens with one attached hydrogen (secondary N) is 1. The van der Waals surface area contributed by atoms with Crippen molar-refractivity contribution in [1.82, 2.24) is 10.2 Å². The molecule has 4 unspecified atom stereocenters. The van der Waals surface area contributed by atoms with Gasteiger partial charge in [-0.2, -0.15) is 0 Å². The van der Waals surface area contributed by atoms with Crippen molar-refractivity contribution in [3.05, 3.63) is 59.7 Å². The van der Waals surface area contributed by atoms with Gasteiger partial charge in [0.05, 0.1) is 11.5 Å². The van der Waals surface area contributed by atoms with Gasteiger partial charge >= 0.3 is 12.1 Å². The Labute approximate surface area is 209 Å². The molecular formula is C26H30N2O6S. The van der Waals surface area contributed by atoms with Crippen LogP contribution in [-0.4, -0.2) is 71.0 Å². The lowest BCUT2D eigenvalue weighted by molar-refractivity contribution is -0.151. The standard InChI is InChI=1S/C26H30N2O6S/c1-4-22-28(21(14-35-22)25(30)31)24(29)23(15(2)33-3)27-26(32)34-13-20-18-11-7-5-9-16(18)17-10-6-8-12-19(17)20/h5-12,15,20-23H,4,13-14H2,1-3H3,(H,27,32)(H,30,31). The number of carbonyl (C=O) groups excluding carboxylic acids is 2. The van der Waals surface area contributed by atoms with Gasteiger partial charge in [-0.05, 0) is 35.6 Å². The number of nitrogens with zero attached hydrogens (tertiary/aromatic N) is 1. The van der Waals surface area contributed by atoms with Crippen molar-refractivity contribution in [1.29, 1.82) is 0 Å². The highest BCUT2D eigenvalue weighted by molar-refractivity contribution is 8.00. The first-order valence-corrected chi connectivity index (χ1v) is 12.7. The van der Waals surface area contributed by atoms with Crippen LogP contribution in [0.1, 0.15) is 37.3 Å². The summed E-state index contributed by atoms with van der Waals surface area (Å²) in [6, 6.07) is 14.0. The third-order valence-corrected chi connectivity index (χ3v) is 8.16. The van der Waals surface area contributed by atoms with Gasteiger partial charge in [-0.3, -0.25) is 4.79 Å². The Morgan fingerprint density at radius 1 is 1.11 bits per heavy atom. The second-order valence-electron chi connectivity index (χ2n) is 8.68. The summed E-state index contributed by atoms with van der Waals surface area (Å²) in [5, 5.41) is 12.0. The fraction of sp³-hybridized carbons (Fsp3) is 0.423. The summed E-state index contributed by atoms with van der Waals surface area (Å²) in [4.78, 5) is 39.4. The third kappa shape index (κ3) is 4.88. The second-order valence-corrected chi connectivity index (χ2v) is 9.89. The molecule has 1 aliphatic heterocycles. The predicted octanol–water partition coefficient (Wildman–Crippen LogP) is 3.69. The highest BCUT2D eigenvalue weighted by atomic mass is 32.2. The Kier molecular flexibility index (Phi) is 7.66. The molecule has 0 saturated carbocycles. The van der Waals surface area contributed by atoms with Crippen molar-refractivity contribution in [2.45, 2.75) is 49.7 Å². The Hall–Kier alpha value is -3.04. The fourth-order valence-corrected chi connectivity index (χ4v) is 6.16. The van der Waals surface area contributed by atoms with Gasteiger partial charge in [0.1, 0.15) is 18.7 Å². The number of hydrogen-bond donors (Lipinski definition) is 2. The zero-order chi connectivity index (χ0) is 25.1. The van der Waals surface area contributed by atoms with Crippen LogP contribution in [0.5, 0.6) is 0 Å². The van der Waals surface area contributed by atoms with E-state index < -0.39 is 36.2 Å². The van der Waals surface area contributed by atoms with Gasteiger partial charge in [-0.15, -0.1) is 11.8 Å². The van der Waals surface area contributed by atoms with Crippen molar-refractivity contribution in [2.24, 2.45) is 0 Å². The number of carboxylic acids is 1. The number of fused-ring (bicyclic) bond motifs is 3. The van der Waals surface area contributed by atoms with Gasteiger partial charge in [0.25, 0.3) is 0 Å². The molecule has 0 spiro atoms. The number of methoxy groups -OCH3 is 1. The van der Waals surface area contributed by atoms with Crippen LogP contribution in [0.4, 0.5) is 4.79 Å². The number of carbonyl (C=O) groups is 3. The molecule has 4 rings (SSSR count). The number of aliphatic carboxylic acids is 1. The first-order chi connectivity index (χ1) is 16.9. The van der Waals surface area contributed by atoms with Crippen LogP contribution in [0.15, 0.2) is 48.5 Å². The lowest BCUT2D eigenvalue weighted by Crippen LogP contribution is -2.58. The summed E-state index contributed by atoms with van der Waals surface area (Å²) in [5.74, 6) is -1.36. The lowest BCUT2D eigenvalue weighted by Gasteiger charge is -2.32. The van der Waals surface area contributed by atoms with E-state index in [-0.39, 0.29) is 17.9 Å². The van der Waals surface area contributed by atoms with Crippen LogP contribution in [0.3, 0.4) is 0 Å². The average molecular weight is 499 g/mol. The molecule has 1 saturated heterocycles. The van der Waals surface area contributed by atoms with Gasteiger partial charge in [0, 0.05) is 18.8 Å². The van der Waals surface area contributed by atoms with E-state index in [4.69, 9.17) is 9.47 Å². The van der Waals surface area contributed by atoms with Gasteiger partial charge in [-0.25, -0.2) is 9.59 Å². The smallest absolute Gasteiger partial charge is 0.407 e. The molecule has 0 radical (unpaired) electrons. The van der Waals surface area contributed by atoms with Crippen LogP contribution in [0, 0.1) is 0 Å². The number of benzene rings is 2. The number of alkyl carbamates (subject to hydrolysis) is 1. The molecule has 1 fully saturated rings. The highest BCUT2D eigenvalue weighted by Crippen LogP contribution is 2.44. The summed E-state index contributed by atoms with van der Waals surface area (Å²) >= 11 is 1.42. The Morgan fingerprint density at radius 3 is 2.26 bits per heavy atom. The minimum atomic E-state index is -1.08. The summed E-state index contributed by atoms with van der Waals surface area (Å²) < 4.78 is 11.0. The molecular weight excluding hydrogens is 468 g/mol. The van der Waals surface area contributed by atoms with E-state index >= 15 is 0 Å². The quantitative estimate of drug-likeness (QED) is 0.572. The predicted molar refractivity (Wildman–Crippen MR) is 133 cm³/mol. The summed E-state index contributed by atoms with van der Waals surface area (Å²) in [7, 11) is 1.44. The number of thioether (sulfide) groups is 1. The molecule has 2 aromatic rings. The first-order valence-electron chi connectivity index (χ1n) is 11.7. The molecule has 0 bridgehead atoms. The van der Waals surface area contributed by atoms with Gasteiger partial charge in [0.15, 0.2) is 0 Å². The highest BCUT2D eigenvalue weighted by Gasteiger charge is 2.45. The summed E-state index contributed by atoms with van der Waals surface area (Å²) in [6.07, 6.45) is -0.833. The zero-order valence-electron chi connectivity index (χ0n) is 20.0. The van der Waals surface area contributed by atoms with Gasteiger partial charge < -0.3 is 24.8 Å². The lowest BCUT2D eigenvalue weighted by atomic mass is 9.98. The van der Waals surface area contributed by atoms with Gasteiger partial charge in [-0.1, -0.05) is 55.5 Å². The normalized spacial score (nSPS) is 20.6. The molecule has 1 aliphatic carbocycles. The van der Waals surface area contributed by atoms with Crippen LogP contribution in [0.25, 0.3) is 11.1 Å². The molecule has 0 aromatic heterocycles. The van der Waals surface area contributed by atoms with E-state index in [0.29, 0.717) is 12.2 Å². The minimum Gasteiger partial charge on any atom is -0.480 e. The van der Waals surface area contributed by atoms with E-state index in [9.17, 15) is 19.5 Å². The van der Waals surface area contributed by atoms with Crippen molar-refractivity contribution < 1.29 is 29.0 Å². The first kappa shape index (κ1) is 25.1. The maximum absolute atomic E-state index is 13.5. The zero-order valence-corrected chi connectivity index (χ0v) is 20.8. The average Bonchev–Trinajstić information content (AvgIpc) is 3.45. The molecule has 2 N–H and O–H groups in total. The molecule has 2 aromatic carbocycles. The van der Waals surface area contributed by atoms with E-state index in [1.807, 2.05) is 43.3 Å². The maximum Gasteiger partial charge on any atom is 0.407 e. The number of carboxylic acid groups (broad SMARTS) is 1. The monoisotopic (exact) mass is 498 g/mol. The van der Waals surface area contributed by atoms with Crippen LogP contribution in [-0.2, 0) is 19.1 Å². The molecule has 35 heavy (non-hydrogen) atoms. The topological polar surface area (TPSA) is 105 Å². The number of ether oxygens (including phenoxy) is 2. The SMILES string of the molecule is CCC1SCC(C(=O)O)N1C(=O)C(NC(=O)OCC1c2ccccc2-c2ccccc21)C(C)OC. The Morgan fingerprint density at radius 2 is 1.71 bits per heavy atom. The van der Waals surface area contributed by atoms with Crippen molar-refractivity contribution >= 4 is 29.7 Å². The van der Waals surface area contributed by atoms with Crippen molar-refractivity contribution in [3.63, 3.8) is 0 Å². The molecule has 4 atom stereocenters. The maximum atomic E-state index is 13.5. The Balaban J connectivity index is 1.48. The van der Waals surface area contributed by atoms with Crippen LogP contribution < -0.4 is 5.32 Å². The van der Waals surface area contributed by atoms with Crippen LogP contribution >= 0.6 is 11.8 Å². The van der Waals surface area contributed by atoms with Crippen molar-refractivity contribution in [2.75, 3.05) is 19.5 Å². The number of hydrogen-bond acceptors (Lipinski definition) is 6. The minimum absolute atomic E-state index is 0.108.